The third-order valence-corrected chi connectivity index (χ3v) is 5.93. The van der Waals surface area contributed by atoms with Crippen LogP contribution < -0.4 is 0 Å². The molecule has 3 rings (SSSR count). The van der Waals surface area contributed by atoms with Gasteiger partial charge in [0.15, 0.2) is 9.84 Å². The lowest BCUT2D eigenvalue weighted by atomic mass is 10.1. The van der Waals surface area contributed by atoms with Gasteiger partial charge in [-0.05, 0) is 35.4 Å². The maximum Gasteiger partial charge on any atom is 0.237 e. The van der Waals surface area contributed by atoms with Crippen LogP contribution in [0.5, 0.6) is 0 Å². The number of ether oxygens (including phenoxy) is 1. The SMILES string of the molecule is N#Cc1ccc(CS(=O)(=O)CC(=O)N2CCOC(c3ccc(F)cc3)C2)cc1. The second kappa shape index (κ2) is 8.50. The zero-order valence-corrected chi connectivity index (χ0v) is 15.9. The van der Waals surface area contributed by atoms with E-state index < -0.39 is 27.6 Å². The molecule has 1 amide bonds. The number of morpholine rings is 1. The van der Waals surface area contributed by atoms with Crippen LogP contribution in [0.2, 0.25) is 0 Å². The molecule has 1 fully saturated rings. The van der Waals surface area contributed by atoms with Crippen LogP contribution in [0.15, 0.2) is 48.5 Å². The average molecular weight is 402 g/mol. The zero-order valence-electron chi connectivity index (χ0n) is 15.0. The molecule has 1 unspecified atom stereocenters. The molecule has 2 aromatic rings. The Morgan fingerprint density at radius 1 is 1.18 bits per heavy atom. The van der Waals surface area contributed by atoms with Gasteiger partial charge in [-0.2, -0.15) is 5.26 Å². The number of halogens is 1. The van der Waals surface area contributed by atoms with Crippen LogP contribution in [-0.4, -0.2) is 44.7 Å². The second-order valence-electron chi connectivity index (χ2n) is 6.59. The molecule has 1 aliphatic rings. The van der Waals surface area contributed by atoms with Crippen LogP contribution in [0.1, 0.15) is 22.8 Å². The maximum atomic E-state index is 13.1. The van der Waals surface area contributed by atoms with Crippen molar-refractivity contribution in [2.75, 3.05) is 25.4 Å². The molecule has 0 saturated carbocycles. The lowest BCUT2D eigenvalue weighted by Crippen LogP contribution is -2.44. The fourth-order valence-corrected chi connectivity index (χ4v) is 4.38. The molecule has 146 valence electrons. The average Bonchev–Trinajstić information content (AvgIpc) is 2.68. The highest BCUT2D eigenvalue weighted by Gasteiger charge is 2.28. The molecule has 8 heteroatoms. The minimum Gasteiger partial charge on any atom is -0.370 e. The van der Waals surface area contributed by atoms with E-state index in [2.05, 4.69) is 0 Å². The van der Waals surface area contributed by atoms with E-state index in [-0.39, 0.29) is 24.7 Å². The van der Waals surface area contributed by atoms with E-state index in [4.69, 9.17) is 10.00 Å². The number of rotatable bonds is 5. The van der Waals surface area contributed by atoms with Gasteiger partial charge in [-0.25, -0.2) is 12.8 Å². The number of amides is 1. The van der Waals surface area contributed by atoms with Gasteiger partial charge in [0.05, 0.1) is 30.5 Å². The fraction of sp³-hybridized carbons (Fsp3) is 0.300. The van der Waals surface area contributed by atoms with Gasteiger partial charge in [-0.1, -0.05) is 24.3 Å². The molecular formula is C20H19FN2O4S. The number of nitriles is 1. The summed E-state index contributed by atoms with van der Waals surface area (Å²) in [6, 6.07) is 14.0. The number of carbonyl (C=O) groups excluding carboxylic acids is 1. The van der Waals surface area contributed by atoms with E-state index in [1.807, 2.05) is 6.07 Å². The van der Waals surface area contributed by atoms with Gasteiger partial charge in [-0.3, -0.25) is 4.79 Å². The van der Waals surface area contributed by atoms with E-state index in [0.717, 1.165) is 5.56 Å². The molecule has 0 aromatic heterocycles. The van der Waals surface area contributed by atoms with Crippen LogP contribution in [0.4, 0.5) is 4.39 Å². The van der Waals surface area contributed by atoms with Crippen molar-refractivity contribution in [1.82, 2.24) is 4.90 Å². The predicted octanol–water partition coefficient (Wildman–Crippen LogP) is 2.21. The largest absolute Gasteiger partial charge is 0.370 e. The Balaban J connectivity index is 1.62. The summed E-state index contributed by atoms with van der Waals surface area (Å²) in [6.07, 6.45) is -0.417. The number of nitrogens with zero attached hydrogens (tertiary/aromatic N) is 2. The highest BCUT2D eigenvalue weighted by atomic mass is 32.2. The Kier molecular flexibility index (Phi) is 6.07. The van der Waals surface area contributed by atoms with Crippen molar-refractivity contribution in [2.24, 2.45) is 0 Å². The molecule has 0 N–H and O–H groups in total. The first-order valence-corrected chi connectivity index (χ1v) is 10.5. The first kappa shape index (κ1) is 20.0. The summed E-state index contributed by atoms with van der Waals surface area (Å²) in [4.78, 5) is 14.0. The standard InChI is InChI=1S/C20H19FN2O4S/c21-18-7-5-17(6-8-18)19-12-23(9-10-27-19)20(24)14-28(25,26)13-16-3-1-15(11-22)2-4-16/h1-8,19H,9-10,12-14H2. The summed E-state index contributed by atoms with van der Waals surface area (Å²) in [5.74, 6) is -1.70. The minimum absolute atomic E-state index is 0.219. The van der Waals surface area contributed by atoms with Gasteiger partial charge < -0.3 is 9.64 Å². The monoisotopic (exact) mass is 402 g/mol. The van der Waals surface area contributed by atoms with Crippen LogP contribution in [0.3, 0.4) is 0 Å². The quantitative estimate of drug-likeness (QED) is 0.765. The molecular weight excluding hydrogens is 383 g/mol. The van der Waals surface area contributed by atoms with Crippen molar-refractivity contribution in [1.29, 1.82) is 5.26 Å². The normalized spacial score (nSPS) is 17.1. The summed E-state index contributed by atoms with van der Waals surface area (Å²) in [5, 5.41) is 8.79. The zero-order chi connectivity index (χ0) is 20.1. The summed E-state index contributed by atoms with van der Waals surface area (Å²) in [5.41, 5.74) is 1.70. The molecule has 28 heavy (non-hydrogen) atoms. The Labute approximate surface area is 163 Å². The van der Waals surface area contributed by atoms with Crippen molar-refractivity contribution in [3.8, 4) is 6.07 Å². The molecule has 1 atom stereocenters. The summed E-state index contributed by atoms with van der Waals surface area (Å²) in [6.45, 7) is 0.809. The predicted molar refractivity (Wildman–Crippen MR) is 100 cm³/mol. The molecule has 1 aliphatic heterocycles. The van der Waals surface area contributed by atoms with Crippen molar-refractivity contribution in [3.63, 3.8) is 0 Å². The van der Waals surface area contributed by atoms with Gasteiger partial charge in [0, 0.05) is 6.54 Å². The van der Waals surface area contributed by atoms with Crippen molar-refractivity contribution < 1.29 is 22.3 Å². The molecule has 0 bridgehead atoms. The second-order valence-corrected chi connectivity index (χ2v) is 8.66. The van der Waals surface area contributed by atoms with Crippen LogP contribution >= 0.6 is 0 Å². The van der Waals surface area contributed by atoms with E-state index in [1.54, 1.807) is 36.4 Å². The van der Waals surface area contributed by atoms with Gasteiger partial charge in [0.1, 0.15) is 17.7 Å². The number of benzene rings is 2. The first-order valence-electron chi connectivity index (χ1n) is 8.70. The van der Waals surface area contributed by atoms with E-state index in [0.29, 0.717) is 17.7 Å². The van der Waals surface area contributed by atoms with Crippen molar-refractivity contribution >= 4 is 15.7 Å². The first-order chi connectivity index (χ1) is 13.4. The van der Waals surface area contributed by atoms with Crippen molar-refractivity contribution in [3.05, 3.63) is 71.0 Å². The lowest BCUT2D eigenvalue weighted by Gasteiger charge is -2.33. The van der Waals surface area contributed by atoms with E-state index in [9.17, 15) is 17.6 Å². The summed E-state index contributed by atoms with van der Waals surface area (Å²) in [7, 11) is -3.66. The number of sulfone groups is 1. The fourth-order valence-electron chi connectivity index (χ4n) is 3.01. The van der Waals surface area contributed by atoms with Crippen LogP contribution in [-0.2, 0) is 25.1 Å². The van der Waals surface area contributed by atoms with Gasteiger partial charge in [-0.15, -0.1) is 0 Å². The molecule has 0 aliphatic carbocycles. The number of hydrogen-bond donors (Lipinski definition) is 0. The molecule has 0 radical (unpaired) electrons. The smallest absolute Gasteiger partial charge is 0.237 e. The van der Waals surface area contributed by atoms with Crippen LogP contribution in [0, 0.1) is 17.1 Å². The molecule has 2 aromatic carbocycles. The third kappa shape index (κ3) is 5.15. The number of carbonyl (C=O) groups is 1. The van der Waals surface area contributed by atoms with Crippen molar-refractivity contribution in [2.45, 2.75) is 11.9 Å². The van der Waals surface area contributed by atoms with E-state index >= 15 is 0 Å². The Morgan fingerprint density at radius 3 is 2.50 bits per heavy atom. The summed E-state index contributed by atoms with van der Waals surface area (Å²) >= 11 is 0. The number of hydrogen-bond acceptors (Lipinski definition) is 5. The van der Waals surface area contributed by atoms with Gasteiger partial charge in [0.2, 0.25) is 5.91 Å². The highest BCUT2D eigenvalue weighted by Crippen LogP contribution is 2.23. The Bertz CT molecular complexity index is 982. The highest BCUT2D eigenvalue weighted by molar-refractivity contribution is 7.91. The van der Waals surface area contributed by atoms with E-state index in [1.165, 1.54) is 17.0 Å². The van der Waals surface area contributed by atoms with Crippen LogP contribution in [0.25, 0.3) is 0 Å². The summed E-state index contributed by atoms with van der Waals surface area (Å²) < 4.78 is 43.5. The topological polar surface area (TPSA) is 87.5 Å². The molecule has 1 heterocycles. The molecule has 0 spiro atoms. The lowest BCUT2D eigenvalue weighted by molar-refractivity contribution is -0.136. The maximum absolute atomic E-state index is 13.1. The van der Waals surface area contributed by atoms with Gasteiger partial charge in [0.25, 0.3) is 0 Å². The molecule has 1 saturated heterocycles. The Morgan fingerprint density at radius 2 is 1.86 bits per heavy atom. The third-order valence-electron chi connectivity index (χ3n) is 4.47. The van der Waals surface area contributed by atoms with Gasteiger partial charge >= 0.3 is 0 Å². The minimum atomic E-state index is -3.66. The Hall–Kier alpha value is -2.76. The molecule has 6 nitrogen and oxygen atoms in total.